The summed E-state index contributed by atoms with van der Waals surface area (Å²) in [5.74, 6) is 0. The summed E-state index contributed by atoms with van der Waals surface area (Å²) in [5, 5.41) is 4.42. The Morgan fingerprint density at radius 1 is 1.75 bits per heavy atom. The van der Waals surface area contributed by atoms with Gasteiger partial charge in [-0.3, -0.25) is 0 Å². The van der Waals surface area contributed by atoms with E-state index in [1.54, 1.807) is 3.57 Å². The molecule has 2 heteroatoms. The van der Waals surface area contributed by atoms with Crippen molar-refractivity contribution in [3.63, 3.8) is 0 Å². The third kappa shape index (κ3) is 1.74. The normalized spacial score (nSPS) is 10.1. The van der Waals surface area contributed by atoms with Crippen LogP contribution in [-0.4, -0.2) is 4.43 Å². The Hall–Kier alpha value is 0.430. The van der Waals surface area contributed by atoms with Gasteiger partial charge in [0.05, 0.1) is 0 Å². The SMILES string of the molecule is CC[I-]c1ccsc1. The molecule has 0 unspecified atom stereocenters. The monoisotopic (exact) mass is 239 g/mol. The van der Waals surface area contributed by atoms with Crippen molar-refractivity contribution in [2.45, 2.75) is 6.92 Å². The van der Waals surface area contributed by atoms with Crippen molar-refractivity contribution in [2.24, 2.45) is 0 Å². The number of halogens is 1. The summed E-state index contributed by atoms with van der Waals surface area (Å²) in [5.41, 5.74) is 0. The van der Waals surface area contributed by atoms with E-state index in [1.165, 1.54) is 4.43 Å². The molecule has 1 aromatic heterocycles. The average Bonchev–Trinajstić information content (AvgIpc) is 2.19. The molecule has 0 aliphatic heterocycles. The number of hydrogen-bond donors (Lipinski definition) is 0. The summed E-state index contributed by atoms with van der Waals surface area (Å²) in [4.78, 5) is 0. The zero-order valence-corrected chi connectivity index (χ0v) is 7.70. The Labute approximate surface area is 64.2 Å². The van der Waals surface area contributed by atoms with Gasteiger partial charge in [0.1, 0.15) is 0 Å². The second-order valence-corrected chi connectivity index (χ2v) is 5.66. The molecule has 0 spiro atoms. The molecule has 46 valence electrons. The van der Waals surface area contributed by atoms with Crippen LogP contribution in [0.1, 0.15) is 6.92 Å². The molecule has 0 radical (unpaired) electrons. The predicted octanol–water partition coefficient (Wildman–Crippen LogP) is -0.973. The molecule has 0 N–H and O–H groups in total. The van der Waals surface area contributed by atoms with Crippen molar-refractivity contribution in [2.75, 3.05) is 4.43 Å². The van der Waals surface area contributed by atoms with Crippen LogP contribution in [0.5, 0.6) is 0 Å². The quantitative estimate of drug-likeness (QED) is 0.460. The molecular weight excluding hydrogens is 231 g/mol. The van der Waals surface area contributed by atoms with Crippen LogP contribution in [0, 0.1) is 3.57 Å². The van der Waals surface area contributed by atoms with Gasteiger partial charge in [-0.25, -0.2) is 0 Å². The Bertz CT molecular complexity index is 134. The summed E-state index contributed by atoms with van der Waals surface area (Å²) < 4.78 is 2.96. The number of alkyl halides is 1. The number of rotatable bonds is 2. The van der Waals surface area contributed by atoms with Crippen LogP contribution >= 0.6 is 11.3 Å². The Kier molecular flexibility index (Phi) is 2.83. The maximum absolute atomic E-state index is 2.26. The topological polar surface area (TPSA) is 0 Å². The summed E-state index contributed by atoms with van der Waals surface area (Å²) in [6.45, 7) is 2.25. The van der Waals surface area contributed by atoms with Crippen molar-refractivity contribution < 1.29 is 21.2 Å². The van der Waals surface area contributed by atoms with Gasteiger partial charge in [-0.15, -0.1) is 0 Å². The minimum atomic E-state index is 0.378. The van der Waals surface area contributed by atoms with Crippen LogP contribution in [0.2, 0.25) is 0 Å². The third-order valence-electron chi connectivity index (χ3n) is 0.774. The van der Waals surface area contributed by atoms with E-state index in [0.717, 1.165) is 0 Å². The molecule has 1 aromatic rings. The summed E-state index contributed by atoms with van der Waals surface area (Å²) in [6.07, 6.45) is 0. The van der Waals surface area contributed by atoms with Crippen LogP contribution in [0.3, 0.4) is 0 Å². The van der Waals surface area contributed by atoms with Gasteiger partial charge in [0.25, 0.3) is 0 Å². The molecule has 0 nitrogen and oxygen atoms in total. The molecule has 0 saturated heterocycles. The van der Waals surface area contributed by atoms with Crippen LogP contribution in [0.4, 0.5) is 0 Å². The first kappa shape index (κ1) is 6.55. The molecule has 0 aromatic carbocycles. The van der Waals surface area contributed by atoms with Crippen molar-refractivity contribution in [1.82, 2.24) is 0 Å². The van der Waals surface area contributed by atoms with Crippen molar-refractivity contribution >= 4 is 11.3 Å². The van der Waals surface area contributed by atoms with Crippen molar-refractivity contribution in [3.05, 3.63) is 20.4 Å². The first-order valence-corrected chi connectivity index (χ1v) is 6.09. The van der Waals surface area contributed by atoms with Crippen LogP contribution in [0.15, 0.2) is 16.8 Å². The van der Waals surface area contributed by atoms with E-state index in [1.807, 2.05) is 11.3 Å². The van der Waals surface area contributed by atoms with E-state index in [0.29, 0.717) is 21.2 Å². The molecule has 0 saturated carbocycles. The number of thiophene rings is 1. The van der Waals surface area contributed by atoms with Gasteiger partial charge >= 0.3 is 64.3 Å². The molecule has 0 aliphatic rings. The molecular formula is C6H8IS-. The fourth-order valence-corrected chi connectivity index (χ4v) is 3.59. The van der Waals surface area contributed by atoms with Gasteiger partial charge in [-0.1, -0.05) is 0 Å². The third-order valence-corrected chi connectivity index (χ3v) is 4.19. The second kappa shape index (κ2) is 3.45. The van der Waals surface area contributed by atoms with E-state index in [2.05, 4.69) is 23.8 Å². The first-order chi connectivity index (χ1) is 3.93. The fourth-order valence-electron chi connectivity index (χ4n) is 0.478. The molecule has 0 fully saturated rings. The van der Waals surface area contributed by atoms with Gasteiger partial charge in [0.2, 0.25) is 0 Å². The van der Waals surface area contributed by atoms with E-state index in [9.17, 15) is 0 Å². The van der Waals surface area contributed by atoms with E-state index in [4.69, 9.17) is 0 Å². The van der Waals surface area contributed by atoms with Gasteiger partial charge in [0.15, 0.2) is 0 Å². The first-order valence-electron chi connectivity index (χ1n) is 2.55. The van der Waals surface area contributed by atoms with E-state index in [-0.39, 0.29) is 0 Å². The fraction of sp³-hybridized carbons (Fsp3) is 0.333. The molecule has 0 amide bonds. The number of hydrogen-bond acceptors (Lipinski definition) is 1. The molecule has 1 rings (SSSR count). The molecule has 8 heavy (non-hydrogen) atoms. The van der Waals surface area contributed by atoms with Gasteiger partial charge < -0.3 is 0 Å². The zero-order valence-electron chi connectivity index (χ0n) is 4.73. The van der Waals surface area contributed by atoms with Crippen LogP contribution in [-0.2, 0) is 0 Å². The Balaban J connectivity index is 2.50. The van der Waals surface area contributed by atoms with Crippen LogP contribution in [0.25, 0.3) is 0 Å². The molecule has 0 bridgehead atoms. The standard InChI is InChI=1S/C6H8IS/c1-2-7-6-3-4-8-5-6/h3-5H,2H2,1H3/q-1. The predicted molar refractivity (Wildman–Crippen MR) is 33.6 cm³/mol. The van der Waals surface area contributed by atoms with Gasteiger partial charge in [-0.05, 0) is 0 Å². The van der Waals surface area contributed by atoms with Gasteiger partial charge in [-0.2, -0.15) is 0 Å². The second-order valence-electron chi connectivity index (χ2n) is 1.34. The van der Waals surface area contributed by atoms with Crippen LogP contribution < -0.4 is 21.2 Å². The Morgan fingerprint density at radius 3 is 3.12 bits per heavy atom. The summed E-state index contributed by atoms with van der Waals surface area (Å²) >= 11 is 2.18. The van der Waals surface area contributed by atoms with E-state index < -0.39 is 0 Å². The summed E-state index contributed by atoms with van der Waals surface area (Å²) in [6, 6.07) is 2.24. The van der Waals surface area contributed by atoms with Crippen molar-refractivity contribution in [3.8, 4) is 0 Å². The molecule has 0 aliphatic carbocycles. The maximum atomic E-state index is 2.26. The molecule has 0 atom stereocenters. The average molecular weight is 239 g/mol. The molecule has 1 heterocycles. The minimum absolute atomic E-state index is 0.378. The zero-order chi connectivity index (χ0) is 5.82. The Morgan fingerprint density at radius 2 is 2.62 bits per heavy atom. The van der Waals surface area contributed by atoms with Crippen molar-refractivity contribution in [1.29, 1.82) is 0 Å². The summed E-state index contributed by atoms with van der Waals surface area (Å²) in [7, 11) is 0. The van der Waals surface area contributed by atoms with E-state index >= 15 is 0 Å². The van der Waals surface area contributed by atoms with Gasteiger partial charge in [0, 0.05) is 0 Å².